The van der Waals surface area contributed by atoms with Crippen molar-refractivity contribution in [2.24, 2.45) is 0 Å². The first-order valence-corrected chi connectivity index (χ1v) is 8.30. The number of imide groups is 1. The minimum atomic E-state index is -0.601. The number of aldehydes is 1. The summed E-state index contributed by atoms with van der Waals surface area (Å²) in [5.74, 6) is 5.16. The first-order valence-electron chi connectivity index (χ1n) is 8.30. The summed E-state index contributed by atoms with van der Waals surface area (Å²) in [6, 6.07) is 4.79. The van der Waals surface area contributed by atoms with Crippen LogP contribution in [0.1, 0.15) is 53.6 Å². The van der Waals surface area contributed by atoms with E-state index in [1.54, 1.807) is 12.1 Å². The number of amides is 3. The molecule has 2 heterocycles. The molecule has 1 unspecified atom stereocenters. The maximum absolute atomic E-state index is 12.6. The maximum Gasteiger partial charge on any atom is 0.255 e. The zero-order valence-electron chi connectivity index (χ0n) is 13.7. The van der Waals surface area contributed by atoms with Crippen LogP contribution in [0.3, 0.4) is 0 Å². The Morgan fingerprint density at radius 2 is 2.12 bits per heavy atom. The van der Waals surface area contributed by atoms with Crippen LogP contribution in [-0.2, 0) is 20.9 Å². The van der Waals surface area contributed by atoms with Gasteiger partial charge in [-0.15, -0.1) is 0 Å². The zero-order chi connectivity index (χ0) is 17.8. The molecule has 0 radical (unpaired) electrons. The highest BCUT2D eigenvalue weighted by Gasteiger charge is 2.38. The van der Waals surface area contributed by atoms with Gasteiger partial charge in [0.25, 0.3) is 5.91 Å². The number of nitrogens with one attached hydrogen (secondary N) is 1. The monoisotopic (exact) mass is 338 g/mol. The molecular formula is C19H18N2O4. The molecule has 1 fully saturated rings. The first kappa shape index (κ1) is 16.9. The highest BCUT2D eigenvalue weighted by atomic mass is 16.2. The van der Waals surface area contributed by atoms with Gasteiger partial charge < -0.3 is 9.69 Å². The average molecular weight is 338 g/mol. The van der Waals surface area contributed by atoms with Crippen LogP contribution in [0.25, 0.3) is 0 Å². The summed E-state index contributed by atoms with van der Waals surface area (Å²) in [4.78, 5) is 47.6. The van der Waals surface area contributed by atoms with E-state index in [1.807, 2.05) is 6.07 Å². The number of piperidine rings is 1. The fraction of sp³-hybridized carbons (Fsp3) is 0.368. The molecule has 0 saturated carbocycles. The highest BCUT2D eigenvalue weighted by molar-refractivity contribution is 6.05. The van der Waals surface area contributed by atoms with E-state index in [-0.39, 0.29) is 18.2 Å². The summed E-state index contributed by atoms with van der Waals surface area (Å²) >= 11 is 0. The summed E-state index contributed by atoms with van der Waals surface area (Å²) in [6.45, 7) is 0.348. The van der Waals surface area contributed by atoms with Gasteiger partial charge in [-0.3, -0.25) is 19.7 Å². The van der Waals surface area contributed by atoms with Gasteiger partial charge >= 0.3 is 0 Å². The second kappa shape index (κ2) is 7.31. The van der Waals surface area contributed by atoms with E-state index in [2.05, 4.69) is 17.2 Å². The first-order chi connectivity index (χ1) is 12.1. The molecule has 1 aromatic rings. The Bertz CT molecular complexity index is 803. The van der Waals surface area contributed by atoms with Crippen molar-refractivity contribution in [3.05, 3.63) is 34.9 Å². The summed E-state index contributed by atoms with van der Waals surface area (Å²) in [5, 5.41) is 2.29. The highest BCUT2D eigenvalue weighted by Crippen LogP contribution is 2.28. The van der Waals surface area contributed by atoms with E-state index in [4.69, 9.17) is 0 Å². The fourth-order valence-corrected chi connectivity index (χ4v) is 3.09. The van der Waals surface area contributed by atoms with Crippen molar-refractivity contribution in [1.82, 2.24) is 10.2 Å². The third kappa shape index (κ3) is 3.61. The van der Waals surface area contributed by atoms with Gasteiger partial charge in [0, 0.05) is 36.9 Å². The number of hydrogen-bond acceptors (Lipinski definition) is 4. The lowest BCUT2D eigenvalue weighted by molar-refractivity contribution is -0.136. The predicted octanol–water partition coefficient (Wildman–Crippen LogP) is 1.17. The van der Waals surface area contributed by atoms with E-state index in [0.717, 1.165) is 23.8 Å². The molecule has 2 aliphatic heterocycles. The number of nitrogens with zero attached hydrogens (tertiary/aromatic N) is 1. The molecule has 2 aliphatic rings. The van der Waals surface area contributed by atoms with E-state index in [0.29, 0.717) is 31.4 Å². The number of fused-ring (bicyclic) bond motifs is 1. The van der Waals surface area contributed by atoms with Crippen molar-refractivity contribution in [2.75, 3.05) is 0 Å². The standard InChI is InChI=1S/C19H18N2O4/c22-10-4-2-1-3-5-13-6-7-15-14(11-13)12-21(19(15)25)16-8-9-17(23)20-18(16)24/h6-7,10-11,16H,1-2,4,8-9,12H2,(H,20,23,24). The lowest BCUT2D eigenvalue weighted by Crippen LogP contribution is -2.52. The van der Waals surface area contributed by atoms with Gasteiger partial charge in [0.05, 0.1) is 0 Å². The van der Waals surface area contributed by atoms with Crippen LogP contribution in [0, 0.1) is 11.8 Å². The third-order valence-electron chi connectivity index (χ3n) is 4.38. The maximum atomic E-state index is 12.6. The van der Waals surface area contributed by atoms with E-state index < -0.39 is 11.9 Å². The molecule has 1 saturated heterocycles. The van der Waals surface area contributed by atoms with Crippen molar-refractivity contribution >= 4 is 24.0 Å². The van der Waals surface area contributed by atoms with Gasteiger partial charge in [0.2, 0.25) is 11.8 Å². The molecule has 1 atom stereocenters. The Labute approximate surface area is 145 Å². The second-order valence-electron chi connectivity index (χ2n) is 6.13. The Morgan fingerprint density at radius 1 is 1.28 bits per heavy atom. The van der Waals surface area contributed by atoms with Crippen LogP contribution in [-0.4, -0.2) is 34.9 Å². The van der Waals surface area contributed by atoms with Crippen LogP contribution in [0.2, 0.25) is 0 Å². The number of benzene rings is 1. The van der Waals surface area contributed by atoms with E-state index >= 15 is 0 Å². The minimum Gasteiger partial charge on any atom is -0.322 e. The molecule has 0 spiro atoms. The van der Waals surface area contributed by atoms with Crippen LogP contribution < -0.4 is 5.32 Å². The van der Waals surface area contributed by atoms with Crippen molar-refractivity contribution in [3.8, 4) is 11.8 Å². The van der Waals surface area contributed by atoms with E-state index in [1.165, 1.54) is 4.90 Å². The minimum absolute atomic E-state index is 0.185. The van der Waals surface area contributed by atoms with Gasteiger partial charge in [-0.25, -0.2) is 0 Å². The molecule has 6 heteroatoms. The molecule has 128 valence electrons. The average Bonchev–Trinajstić information content (AvgIpc) is 2.91. The molecular weight excluding hydrogens is 320 g/mol. The molecule has 0 bridgehead atoms. The number of unbranched alkanes of at least 4 members (excludes halogenated alkanes) is 2. The van der Waals surface area contributed by atoms with Crippen molar-refractivity contribution in [1.29, 1.82) is 0 Å². The summed E-state index contributed by atoms with van der Waals surface area (Å²) in [6.07, 6.45) is 3.38. The van der Waals surface area contributed by atoms with Crippen LogP contribution in [0.15, 0.2) is 18.2 Å². The lowest BCUT2D eigenvalue weighted by Gasteiger charge is -2.29. The van der Waals surface area contributed by atoms with Gasteiger partial charge in [-0.2, -0.15) is 0 Å². The summed E-state index contributed by atoms with van der Waals surface area (Å²) in [7, 11) is 0. The van der Waals surface area contributed by atoms with Gasteiger partial charge in [-0.05, 0) is 36.6 Å². The van der Waals surface area contributed by atoms with Crippen molar-refractivity contribution in [2.45, 2.75) is 44.7 Å². The quantitative estimate of drug-likeness (QED) is 0.387. The molecule has 25 heavy (non-hydrogen) atoms. The number of carbonyl (C=O) groups excluding carboxylic acids is 4. The molecule has 1 aromatic carbocycles. The third-order valence-corrected chi connectivity index (χ3v) is 4.38. The smallest absolute Gasteiger partial charge is 0.255 e. The van der Waals surface area contributed by atoms with E-state index in [9.17, 15) is 19.2 Å². The number of hydrogen-bond donors (Lipinski definition) is 1. The summed E-state index contributed by atoms with van der Waals surface area (Å²) in [5.41, 5.74) is 2.23. The number of rotatable bonds is 4. The van der Waals surface area contributed by atoms with Crippen molar-refractivity contribution in [3.63, 3.8) is 0 Å². The molecule has 6 nitrogen and oxygen atoms in total. The molecule has 0 aliphatic carbocycles. The fourth-order valence-electron chi connectivity index (χ4n) is 3.09. The van der Waals surface area contributed by atoms with Gasteiger partial charge in [-0.1, -0.05) is 11.8 Å². The van der Waals surface area contributed by atoms with Crippen LogP contribution in [0.4, 0.5) is 0 Å². The molecule has 3 rings (SSSR count). The van der Waals surface area contributed by atoms with Gasteiger partial charge in [0.15, 0.2) is 0 Å². The second-order valence-corrected chi connectivity index (χ2v) is 6.13. The van der Waals surface area contributed by atoms with Crippen LogP contribution >= 0.6 is 0 Å². The predicted molar refractivity (Wildman–Crippen MR) is 89.3 cm³/mol. The normalized spacial score (nSPS) is 19.1. The topological polar surface area (TPSA) is 83.6 Å². The molecule has 0 aromatic heterocycles. The van der Waals surface area contributed by atoms with Crippen molar-refractivity contribution < 1.29 is 19.2 Å². The Morgan fingerprint density at radius 3 is 2.88 bits per heavy atom. The summed E-state index contributed by atoms with van der Waals surface area (Å²) < 4.78 is 0. The van der Waals surface area contributed by atoms with Crippen LogP contribution in [0.5, 0.6) is 0 Å². The number of carbonyl (C=O) groups is 4. The SMILES string of the molecule is O=CCCCC#Cc1ccc2c(c1)CN(C1CCC(=O)NC1=O)C2=O. The molecule has 3 amide bonds. The Kier molecular flexibility index (Phi) is 4.94. The van der Waals surface area contributed by atoms with Gasteiger partial charge in [0.1, 0.15) is 12.3 Å². The molecule has 1 N–H and O–H groups in total. The Hall–Kier alpha value is -2.94. The largest absolute Gasteiger partial charge is 0.322 e. The lowest BCUT2D eigenvalue weighted by atomic mass is 10.0. The zero-order valence-corrected chi connectivity index (χ0v) is 13.7. The Balaban J connectivity index is 1.72.